The second-order valence-electron chi connectivity index (χ2n) is 2.78. The van der Waals surface area contributed by atoms with Crippen LogP contribution in [0.2, 0.25) is 0 Å². The van der Waals surface area contributed by atoms with Gasteiger partial charge in [0.15, 0.2) is 0 Å². The zero-order valence-electron chi connectivity index (χ0n) is 8.45. The first-order valence-corrected chi connectivity index (χ1v) is 4.55. The van der Waals surface area contributed by atoms with Crippen molar-refractivity contribution in [3.8, 4) is 11.5 Å². The summed E-state index contributed by atoms with van der Waals surface area (Å²) in [7, 11) is 1.59. The first-order valence-electron chi connectivity index (χ1n) is 4.55. The molecule has 0 saturated heterocycles. The van der Waals surface area contributed by atoms with Crippen LogP contribution >= 0.6 is 0 Å². The highest BCUT2D eigenvalue weighted by Crippen LogP contribution is 2.23. The minimum atomic E-state index is 0.351. The number of rotatable bonds is 5. The van der Waals surface area contributed by atoms with Gasteiger partial charge in [-0.05, 0) is 25.1 Å². The SMILES string of the molecule is CCOc1ccc(OC)c(CC=O)c1. The Bertz CT molecular complexity index is 307. The lowest BCUT2D eigenvalue weighted by molar-refractivity contribution is -0.107. The monoisotopic (exact) mass is 194 g/mol. The lowest BCUT2D eigenvalue weighted by Gasteiger charge is -2.08. The molecule has 0 saturated carbocycles. The van der Waals surface area contributed by atoms with Gasteiger partial charge in [-0.1, -0.05) is 0 Å². The molecule has 0 N–H and O–H groups in total. The van der Waals surface area contributed by atoms with E-state index < -0.39 is 0 Å². The molecule has 0 aliphatic rings. The van der Waals surface area contributed by atoms with Crippen LogP contribution < -0.4 is 9.47 Å². The molecule has 0 unspecified atom stereocenters. The fraction of sp³-hybridized carbons (Fsp3) is 0.364. The predicted octanol–water partition coefficient (Wildman–Crippen LogP) is 1.84. The first kappa shape index (κ1) is 10.6. The van der Waals surface area contributed by atoms with Crippen molar-refractivity contribution >= 4 is 6.29 Å². The minimum absolute atomic E-state index is 0.351. The quantitative estimate of drug-likeness (QED) is 0.671. The van der Waals surface area contributed by atoms with Gasteiger partial charge < -0.3 is 14.3 Å². The van der Waals surface area contributed by atoms with Gasteiger partial charge in [-0.15, -0.1) is 0 Å². The van der Waals surface area contributed by atoms with E-state index in [4.69, 9.17) is 9.47 Å². The van der Waals surface area contributed by atoms with E-state index in [1.54, 1.807) is 7.11 Å². The molecule has 0 spiro atoms. The Hall–Kier alpha value is -1.51. The van der Waals surface area contributed by atoms with Crippen molar-refractivity contribution in [1.82, 2.24) is 0 Å². The number of benzene rings is 1. The Morgan fingerprint density at radius 2 is 2.21 bits per heavy atom. The van der Waals surface area contributed by atoms with E-state index in [2.05, 4.69) is 0 Å². The minimum Gasteiger partial charge on any atom is -0.496 e. The maximum atomic E-state index is 10.4. The lowest BCUT2D eigenvalue weighted by atomic mass is 10.1. The standard InChI is InChI=1S/C11H14O3/c1-3-14-10-4-5-11(13-2)9(8-10)6-7-12/h4-5,7-8H,3,6H2,1-2H3. The first-order chi connectivity index (χ1) is 6.81. The summed E-state index contributed by atoms with van der Waals surface area (Å²) in [5.74, 6) is 1.49. The molecule has 3 nitrogen and oxygen atoms in total. The Kier molecular flexibility index (Phi) is 3.98. The molecule has 0 heterocycles. The maximum absolute atomic E-state index is 10.4. The summed E-state index contributed by atoms with van der Waals surface area (Å²) in [6.45, 7) is 2.54. The van der Waals surface area contributed by atoms with Crippen LogP contribution in [0.15, 0.2) is 18.2 Å². The topological polar surface area (TPSA) is 35.5 Å². The average molecular weight is 194 g/mol. The summed E-state index contributed by atoms with van der Waals surface area (Å²) in [5, 5.41) is 0. The van der Waals surface area contributed by atoms with Gasteiger partial charge in [0.25, 0.3) is 0 Å². The highest BCUT2D eigenvalue weighted by molar-refractivity contribution is 5.58. The van der Waals surface area contributed by atoms with E-state index >= 15 is 0 Å². The van der Waals surface area contributed by atoms with Gasteiger partial charge in [0.05, 0.1) is 13.7 Å². The average Bonchev–Trinajstić information content (AvgIpc) is 2.19. The third kappa shape index (κ3) is 2.49. The molecule has 0 bridgehead atoms. The van der Waals surface area contributed by atoms with Crippen molar-refractivity contribution in [3.63, 3.8) is 0 Å². The van der Waals surface area contributed by atoms with Crippen LogP contribution in [0.5, 0.6) is 11.5 Å². The molecule has 3 heteroatoms. The largest absolute Gasteiger partial charge is 0.496 e. The van der Waals surface area contributed by atoms with Gasteiger partial charge in [-0.2, -0.15) is 0 Å². The number of hydrogen-bond donors (Lipinski definition) is 0. The van der Waals surface area contributed by atoms with Crippen LogP contribution in [-0.2, 0) is 11.2 Å². The second kappa shape index (κ2) is 5.27. The smallest absolute Gasteiger partial charge is 0.124 e. The van der Waals surface area contributed by atoms with Crippen LogP contribution in [0.4, 0.5) is 0 Å². The van der Waals surface area contributed by atoms with E-state index in [1.165, 1.54) is 0 Å². The van der Waals surface area contributed by atoms with Crippen LogP contribution in [0.1, 0.15) is 12.5 Å². The Morgan fingerprint density at radius 3 is 2.79 bits per heavy atom. The van der Waals surface area contributed by atoms with Crippen LogP contribution in [-0.4, -0.2) is 20.0 Å². The van der Waals surface area contributed by atoms with E-state index in [-0.39, 0.29) is 0 Å². The predicted molar refractivity (Wildman–Crippen MR) is 53.9 cm³/mol. The molecule has 0 aliphatic heterocycles. The van der Waals surface area contributed by atoms with Gasteiger partial charge >= 0.3 is 0 Å². The zero-order valence-corrected chi connectivity index (χ0v) is 8.45. The molecule has 0 amide bonds. The third-order valence-electron chi connectivity index (χ3n) is 1.87. The Labute approximate surface area is 83.6 Å². The summed E-state index contributed by atoms with van der Waals surface area (Å²) in [4.78, 5) is 10.4. The number of carbonyl (C=O) groups excluding carboxylic acids is 1. The molecule has 1 aromatic carbocycles. The Balaban J connectivity index is 2.94. The Morgan fingerprint density at radius 1 is 1.43 bits per heavy atom. The molecule has 1 aromatic rings. The molecular weight excluding hydrogens is 180 g/mol. The van der Waals surface area contributed by atoms with E-state index in [9.17, 15) is 4.79 Å². The molecular formula is C11H14O3. The number of ether oxygens (including phenoxy) is 2. The summed E-state index contributed by atoms with van der Waals surface area (Å²) in [6.07, 6.45) is 1.21. The second-order valence-corrected chi connectivity index (χ2v) is 2.78. The lowest BCUT2D eigenvalue weighted by Crippen LogP contribution is -1.96. The summed E-state index contributed by atoms with van der Waals surface area (Å²) in [6, 6.07) is 5.47. The fourth-order valence-corrected chi connectivity index (χ4v) is 1.26. The molecule has 0 aliphatic carbocycles. The normalized spacial score (nSPS) is 9.57. The van der Waals surface area contributed by atoms with E-state index in [1.807, 2.05) is 25.1 Å². The third-order valence-corrected chi connectivity index (χ3v) is 1.87. The fourth-order valence-electron chi connectivity index (χ4n) is 1.26. The van der Waals surface area contributed by atoms with Crippen molar-refractivity contribution in [1.29, 1.82) is 0 Å². The molecule has 0 atom stereocenters. The van der Waals surface area contributed by atoms with Crippen LogP contribution in [0, 0.1) is 0 Å². The van der Waals surface area contributed by atoms with Gasteiger partial charge in [-0.25, -0.2) is 0 Å². The van der Waals surface area contributed by atoms with Gasteiger partial charge in [0.2, 0.25) is 0 Å². The number of carbonyl (C=O) groups is 1. The van der Waals surface area contributed by atoms with E-state index in [0.717, 1.165) is 23.3 Å². The summed E-state index contributed by atoms with van der Waals surface area (Å²) >= 11 is 0. The highest BCUT2D eigenvalue weighted by atomic mass is 16.5. The van der Waals surface area contributed by atoms with Gasteiger partial charge in [0, 0.05) is 12.0 Å². The zero-order chi connectivity index (χ0) is 10.4. The van der Waals surface area contributed by atoms with Crippen LogP contribution in [0.3, 0.4) is 0 Å². The van der Waals surface area contributed by atoms with E-state index in [0.29, 0.717) is 13.0 Å². The van der Waals surface area contributed by atoms with Crippen molar-refractivity contribution in [2.75, 3.05) is 13.7 Å². The number of methoxy groups -OCH3 is 1. The van der Waals surface area contributed by atoms with Gasteiger partial charge in [0.1, 0.15) is 17.8 Å². The molecule has 1 rings (SSSR count). The van der Waals surface area contributed by atoms with Gasteiger partial charge in [-0.3, -0.25) is 0 Å². The van der Waals surface area contributed by atoms with Crippen molar-refractivity contribution in [3.05, 3.63) is 23.8 Å². The summed E-state index contributed by atoms with van der Waals surface area (Å²) < 4.78 is 10.4. The van der Waals surface area contributed by atoms with Crippen molar-refractivity contribution < 1.29 is 14.3 Å². The maximum Gasteiger partial charge on any atom is 0.124 e. The highest BCUT2D eigenvalue weighted by Gasteiger charge is 2.03. The molecule has 76 valence electrons. The molecule has 0 fully saturated rings. The molecule has 14 heavy (non-hydrogen) atoms. The van der Waals surface area contributed by atoms with Crippen molar-refractivity contribution in [2.45, 2.75) is 13.3 Å². The summed E-state index contributed by atoms with van der Waals surface area (Å²) in [5.41, 5.74) is 0.855. The number of hydrogen-bond acceptors (Lipinski definition) is 3. The molecule has 0 radical (unpaired) electrons. The molecule has 0 aromatic heterocycles. The van der Waals surface area contributed by atoms with Crippen molar-refractivity contribution in [2.24, 2.45) is 0 Å². The van der Waals surface area contributed by atoms with Crippen LogP contribution in [0.25, 0.3) is 0 Å². The number of aldehydes is 1.